The Morgan fingerprint density at radius 2 is 2.00 bits per heavy atom. The molecule has 3 rings (SSSR count). The number of halogens is 1. The van der Waals surface area contributed by atoms with E-state index in [1.807, 2.05) is 32.8 Å². The summed E-state index contributed by atoms with van der Waals surface area (Å²) in [4.78, 5) is 27.6. The normalized spacial score (nSPS) is 12.1. The molecule has 0 spiro atoms. The van der Waals surface area contributed by atoms with E-state index < -0.39 is 17.8 Å². The minimum absolute atomic E-state index is 0.157. The van der Waals surface area contributed by atoms with Crippen LogP contribution in [0.3, 0.4) is 0 Å². The van der Waals surface area contributed by atoms with Gasteiger partial charge < -0.3 is 20.3 Å². The molecule has 0 aliphatic rings. The molecule has 0 aliphatic heterocycles. The lowest BCUT2D eigenvalue weighted by atomic mass is 10.0. The number of likely N-dealkylation sites (N-methyl/N-ethyl adjacent to an activating group) is 1. The Morgan fingerprint density at radius 1 is 1.23 bits per heavy atom. The summed E-state index contributed by atoms with van der Waals surface area (Å²) in [6.07, 6.45) is 0.510. The minimum Gasteiger partial charge on any atom is -0.467 e. The lowest BCUT2D eigenvalue weighted by molar-refractivity contribution is -0.141. The Morgan fingerprint density at radius 3 is 2.69 bits per heavy atom. The lowest BCUT2D eigenvalue weighted by Gasteiger charge is -2.18. The van der Waals surface area contributed by atoms with Crippen molar-refractivity contribution in [1.29, 1.82) is 0 Å². The zero-order chi connectivity index (χ0) is 25.4. The monoisotopic (exact) mass is 504 g/mol. The maximum absolute atomic E-state index is 13.7. The molecule has 0 saturated carbocycles. The molecular formula is C21H29FN10O2S. The van der Waals surface area contributed by atoms with E-state index in [0.717, 1.165) is 18.3 Å². The molecule has 2 N–H and O–H groups in total. The van der Waals surface area contributed by atoms with Gasteiger partial charge in [0.05, 0.1) is 13.7 Å². The van der Waals surface area contributed by atoms with Gasteiger partial charge in [-0.05, 0) is 66.8 Å². The number of ether oxygens (including phenoxy) is 1. The van der Waals surface area contributed by atoms with Gasteiger partial charge in [0.15, 0.2) is 0 Å². The molecule has 12 nitrogen and oxygen atoms in total. The van der Waals surface area contributed by atoms with Crippen molar-refractivity contribution < 1.29 is 13.9 Å². The summed E-state index contributed by atoms with van der Waals surface area (Å²) in [6, 6.07) is 5.26. The van der Waals surface area contributed by atoms with E-state index in [4.69, 9.17) is 4.74 Å². The van der Waals surface area contributed by atoms with E-state index >= 15 is 0 Å². The first-order valence-electron chi connectivity index (χ1n) is 10.9. The molecule has 0 radical (unpaired) electrons. The van der Waals surface area contributed by atoms with Crippen LogP contribution in [0.25, 0.3) is 0 Å². The number of methoxy groups -OCH3 is 1. The van der Waals surface area contributed by atoms with Crippen molar-refractivity contribution in [3.63, 3.8) is 0 Å². The smallest absolute Gasteiger partial charge is 0.328 e. The van der Waals surface area contributed by atoms with Crippen LogP contribution in [0.5, 0.6) is 0 Å². The number of benzene rings is 1. The fourth-order valence-corrected chi connectivity index (χ4v) is 3.73. The Bertz CT molecular complexity index is 1130. The highest BCUT2D eigenvalue weighted by molar-refractivity contribution is 7.99. The van der Waals surface area contributed by atoms with Crippen LogP contribution in [0.15, 0.2) is 34.6 Å². The summed E-state index contributed by atoms with van der Waals surface area (Å²) in [5.41, 5.74) is 0.459. The highest BCUT2D eigenvalue weighted by Crippen LogP contribution is 2.25. The summed E-state index contributed by atoms with van der Waals surface area (Å²) < 4.78 is 20.3. The Labute approximate surface area is 207 Å². The number of hydrogen-bond acceptors (Lipinski definition) is 12. The zero-order valence-corrected chi connectivity index (χ0v) is 21.1. The molecule has 35 heavy (non-hydrogen) atoms. The van der Waals surface area contributed by atoms with Crippen LogP contribution < -0.4 is 10.6 Å². The quantitative estimate of drug-likeness (QED) is 0.351. The molecule has 3 aromatic rings. The molecule has 14 heteroatoms. The third-order valence-corrected chi connectivity index (χ3v) is 5.47. The molecule has 1 aromatic carbocycles. The van der Waals surface area contributed by atoms with Crippen molar-refractivity contribution in [1.82, 2.24) is 40.1 Å². The second-order valence-corrected chi connectivity index (χ2v) is 9.27. The van der Waals surface area contributed by atoms with E-state index in [0.29, 0.717) is 23.8 Å². The van der Waals surface area contributed by atoms with Gasteiger partial charge in [0, 0.05) is 12.2 Å². The topological polar surface area (TPSA) is 136 Å². The second kappa shape index (κ2) is 12.4. The standard InChI is InChI=1S/C21H29FN10O2S/c1-13(2)11-16(17(33)34-5)24-19-25-18(23-15-8-6-7-14(22)12-15)26-20(27-19)35-21-28-29-30-32(21)10-9-31(3)4/h6-8,12-13,16H,9-11H2,1-5H3,(H2,23,24,25,26,27)/t16-/m0/s1. The molecule has 0 unspecified atom stereocenters. The van der Waals surface area contributed by atoms with Gasteiger partial charge in [-0.25, -0.2) is 13.9 Å². The second-order valence-electron chi connectivity index (χ2n) is 8.34. The average molecular weight is 505 g/mol. The summed E-state index contributed by atoms with van der Waals surface area (Å²) >= 11 is 1.15. The third kappa shape index (κ3) is 8.10. The van der Waals surface area contributed by atoms with Gasteiger partial charge in [0.1, 0.15) is 11.9 Å². The average Bonchev–Trinajstić information content (AvgIpc) is 3.23. The van der Waals surface area contributed by atoms with E-state index in [1.165, 1.54) is 19.2 Å². The predicted octanol–water partition coefficient (Wildman–Crippen LogP) is 2.45. The fourth-order valence-electron chi connectivity index (χ4n) is 2.99. The van der Waals surface area contributed by atoms with Crippen molar-refractivity contribution >= 4 is 35.3 Å². The third-order valence-electron chi connectivity index (χ3n) is 4.63. The van der Waals surface area contributed by atoms with Gasteiger partial charge in [0.2, 0.25) is 22.2 Å². The first-order chi connectivity index (χ1) is 16.7. The lowest BCUT2D eigenvalue weighted by Crippen LogP contribution is -2.33. The number of nitrogens with zero attached hydrogens (tertiary/aromatic N) is 8. The number of rotatable bonds is 12. The van der Waals surface area contributed by atoms with Crippen molar-refractivity contribution in [2.75, 3.05) is 38.4 Å². The molecule has 2 heterocycles. The maximum atomic E-state index is 13.7. The molecule has 0 fully saturated rings. The van der Waals surface area contributed by atoms with E-state index in [1.54, 1.807) is 16.8 Å². The zero-order valence-electron chi connectivity index (χ0n) is 20.3. The van der Waals surface area contributed by atoms with Crippen LogP contribution in [-0.2, 0) is 16.1 Å². The SMILES string of the molecule is COC(=O)[C@H](CC(C)C)Nc1nc(Nc2cccc(F)c2)nc(Sc2nnnn2CCN(C)C)n1. The number of carbonyl (C=O) groups is 1. The Hall–Kier alpha value is -3.39. The van der Waals surface area contributed by atoms with Crippen molar-refractivity contribution in [2.45, 2.75) is 43.2 Å². The van der Waals surface area contributed by atoms with E-state index in [9.17, 15) is 9.18 Å². The first kappa shape index (κ1) is 26.2. The number of esters is 1. The van der Waals surface area contributed by atoms with E-state index in [-0.39, 0.29) is 23.0 Å². The molecule has 2 aromatic heterocycles. The Balaban J connectivity index is 1.92. The molecular weight excluding hydrogens is 475 g/mol. The molecule has 1 atom stereocenters. The molecule has 188 valence electrons. The largest absolute Gasteiger partial charge is 0.467 e. The van der Waals surface area contributed by atoms with Crippen molar-refractivity contribution in [3.8, 4) is 0 Å². The van der Waals surface area contributed by atoms with Gasteiger partial charge in [-0.1, -0.05) is 19.9 Å². The first-order valence-corrected chi connectivity index (χ1v) is 11.8. The number of hydrogen-bond donors (Lipinski definition) is 2. The molecule has 0 bridgehead atoms. The Kier molecular flexibility index (Phi) is 9.25. The number of aromatic nitrogens is 7. The molecule has 0 amide bonds. The van der Waals surface area contributed by atoms with E-state index in [2.05, 4.69) is 41.1 Å². The predicted molar refractivity (Wildman–Crippen MR) is 129 cm³/mol. The highest BCUT2D eigenvalue weighted by Gasteiger charge is 2.23. The molecule has 0 aliphatic carbocycles. The van der Waals surface area contributed by atoms with Gasteiger partial charge in [-0.3, -0.25) is 0 Å². The van der Waals surface area contributed by atoms with Crippen LogP contribution in [0, 0.1) is 11.7 Å². The van der Waals surface area contributed by atoms with Crippen LogP contribution in [0.4, 0.5) is 22.0 Å². The summed E-state index contributed by atoms with van der Waals surface area (Å²) in [7, 11) is 5.25. The van der Waals surface area contributed by atoms with Crippen molar-refractivity contribution in [3.05, 3.63) is 30.1 Å². The van der Waals surface area contributed by atoms with Crippen LogP contribution >= 0.6 is 11.8 Å². The number of carbonyl (C=O) groups excluding carboxylic acids is 1. The highest BCUT2D eigenvalue weighted by atomic mass is 32.2. The summed E-state index contributed by atoms with van der Waals surface area (Å²) in [5.74, 6) is -0.297. The maximum Gasteiger partial charge on any atom is 0.328 e. The number of anilines is 3. The van der Waals surface area contributed by atoms with Gasteiger partial charge in [0.25, 0.3) is 0 Å². The van der Waals surface area contributed by atoms with Gasteiger partial charge in [-0.2, -0.15) is 15.0 Å². The summed E-state index contributed by atoms with van der Waals surface area (Å²) in [6.45, 7) is 5.31. The van der Waals surface area contributed by atoms with Crippen LogP contribution in [0.1, 0.15) is 20.3 Å². The number of nitrogens with one attached hydrogen (secondary N) is 2. The molecule has 0 saturated heterocycles. The summed E-state index contributed by atoms with van der Waals surface area (Å²) in [5, 5.41) is 18.6. The van der Waals surface area contributed by atoms with Crippen LogP contribution in [-0.4, -0.2) is 79.8 Å². The van der Waals surface area contributed by atoms with Crippen LogP contribution in [0.2, 0.25) is 0 Å². The minimum atomic E-state index is -0.660. The van der Waals surface area contributed by atoms with Crippen molar-refractivity contribution in [2.24, 2.45) is 5.92 Å². The van der Waals surface area contributed by atoms with Gasteiger partial charge in [-0.15, -0.1) is 5.10 Å². The number of tetrazole rings is 1. The fraction of sp³-hybridized carbons (Fsp3) is 0.476. The van der Waals surface area contributed by atoms with Gasteiger partial charge >= 0.3 is 5.97 Å².